The molecule has 62 valence electrons. The van der Waals surface area contributed by atoms with Gasteiger partial charge in [-0.2, -0.15) is 0 Å². The van der Waals surface area contributed by atoms with E-state index in [1.807, 2.05) is 0 Å². The van der Waals surface area contributed by atoms with Crippen molar-refractivity contribution in [1.29, 1.82) is 0 Å². The summed E-state index contributed by atoms with van der Waals surface area (Å²) in [6.45, 7) is 7.74. The third-order valence-electron chi connectivity index (χ3n) is 2.25. The van der Waals surface area contributed by atoms with Crippen molar-refractivity contribution in [2.75, 3.05) is 6.54 Å². The molecule has 0 aliphatic carbocycles. The molecule has 0 aromatic heterocycles. The Kier molecular flexibility index (Phi) is 5.70. The molecule has 0 aliphatic heterocycles. The van der Waals surface area contributed by atoms with E-state index in [4.69, 9.17) is 5.73 Å². The fourth-order valence-corrected chi connectivity index (χ4v) is 0.944. The van der Waals surface area contributed by atoms with Crippen LogP contribution >= 0.6 is 0 Å². The molecule has 0 heterocycles. The van der Waals surface area contributed by atoms with Crippen LogP contribution in [0.15, 0.2) is 0 Å². The summed E-state index contributed by atoms with van der Waals surface area (Å²) < 4.78 is 0. The fraction of sp³-hybridized carbons (Fsp3) is 1.00. The first-order chi connectivity index (χ1) is 4.68. The molecule has 0 spiro atoms. The lowest BCUT2D eigenvalue weighted by Crippen LogP contribution is -2.05. The van der Waals surface area contributed by atoms with Gasteiger partial charge in [0.1, 0.15) is 0 Å². The van der Waals surface area contributed by atoms with Gasteiger partial charge in [0.25, 0.3) is 0 Å². The molecule has 0 bridgehead atoms. The van der Waals surface area contributed by atoms with Gasteiger partial charge in [-0.05, 0) is 24.8 Å². The van der Waals surface area contributed by atoms with Gasteiger partial charge in [-0.3, -0.25) is 0 Å². The number of hydrogen-bond donors (Lipinski definition) is 1. The minimum Gasteiger partial charge on any atom is -0.330 e. The maximum absolute atomic E-state index is 5.39. The molecule has 1 atom stereocenters. The minimum absolute atomic E-state index is 0.831. The molecule has 1 heteroatoms. The summed E-state index contributed by atoms with van der Waals surface area (Å²) in [6.07, 6.45) is 3.84. The fourth-order valence-electron chi connectivity index (χ4n) is 0.944. The predicted octanol–water partition coefficient (Wildman–Crippen LogP) is 2.41. The number of unbranched alkanes of at least 4 members (excludes halogenated alkanes) is 1. The smallest absolute Gasteiger partial charge is 0.00773 e. The third kappa shape index (κ3) is 4.80. The van der Waals surface area contributed by atoms with Crippen molar-refractivity contribution >= 4 is 0 Å². The van der Waals surface area contributed by atoms with Gasteiger partial charge in [0, 0.05) is 0 Å². The van der Waals surface area contributed by atoms with E-state index in [1.54, 1.807) is 0 Å². The lowest BCUT2D eigenvalue weighted by molar-refractivity contribution is 0.379. The van der Waals surface area contributed by atoms with Crippen LogP contribution in [0.5, 0.6) is 0 Å². The zero-order valence-electron chi connectivity index (χ0n) is 7.56. The molecule has 0 aromatic carbocycles. The van der Waals surface area contributed by atoms with Crippen molar-refractivity contribution in [3.8, 4) is 0 Å². The first-order valence-electron chi connectivity index (χ1n) is 4.38. The Hall–Kier alpha value is -0.0400. The van der Waals surface area contributed by atoms with Crippen LogP contribution in [-0.2, 0) is 0 Å². The Morgan fingerprint density at radius 3 is 2.10 bits per heavy atom. The average Bonchev–Trinajstić information content (AvgIpc) is 1.88. The quantitative estimate of drug-likeness (QED) is 0.588. The van der Waals surface area contributed by atoms with Gasteiger partial charge in [-0.25, -0.2) is 0 Å². The van der Waals surface area contributed by atoms with Crippen molar-refractivity contribution in [2.24, 2.45) is 17.6 Å². The Balaban J connectivity index is 3.13. The van der Waals surface area contributed by atoms with E-state index in [9.17, 15) is 0 Å². The first-order valence-corrected chi connectivity index (χ1v) is 4.38. The van der Waals surface area contributed by atoms with E-state index in [1.165, 1.54) is 19.3 Å². The second-order valence-electron chi connectivity index (χ2n) is 3.51. The molecule has 0 saturated carbocycles. The van der Waals surface area contributed by atoms with Crippen LogP contribution < -0.4 is 5.73 Å². The van der Waals surface area contributed by atoms with E-state index < -0.39 is 0 Å². The second kappa shape index (κ2) is 5.72. The summed E-state index contributed by atoms with van der Waals surface area (Å²) in [5.41, 5.74) is 5.39. The molecule has 0 aromatic rings. The highest BCUT2D eigenvalue weighted by atomic mass is 14.5. The van der Waals surface area contributed by atoms with Gasteiger partial charge in [0.15, 0.2) is 0 Å². The average molecular weight is 143 g/mol. The zero-order chi connectivity index (χ0) is 7.98. The summed E-state index contributed by atoms with van der Waals surface area (Å²) in [5, 5.41) is 0. The summed E-state index contributed by atoms with van der Waals surface area (Å²) in [6, 6.07) is 0. The van der Waals surface area contributed by atoms with E-state index in [0.717, 1.165) is 18.4 Å². The topological polar surface area (TPSA) is 26.0 Å². The highest BCUT2D eigenvalue weighted by Gasteiger charge is 2.04. The van der Waals surface area contributed by atoms with Crippen molar-refractivity contribution < 1.29 is 0 Å². The van der Waals surface area contributed by atoms with Crippen LogP contribution in [0, 0.1) is 11.8 Å². The molecule has 0 rings (SSSR count). The monoisotopic (exact) mass is 143 g/mol. The lowest BCUT2D eigenvalue weighted by Gasteiger charge is -2.14. The Morgan fingerprint density at radius 1 is 1.10 bits per heavy atom. The minimum atomic E-state index is 0.831. The number of rotatable bonds is 5. The Labute approximate surface area is 65.0 Å². The standard InChI is InChI=1S/C9H21N/c1-8(2)9(3)6-4-5-7-10/h8-9H,4-7,10H2,1-3H3. The Morgan fingerprint density at radius 2 is 1.70 bits per heavy atom. The largest absolute Gasteiger partial charge is 0.330 e. The number of nitrogens with two attached hydrogens (primary N) is 1. The van der Waals surface area contributed by atoms with Crippen LogP contribution in [0.1, 0.15) is 40.0 Å². The maximum atomic E-state index is 5.39. The third-order valence-corrected chi connectivity index (χ3v) is 2.25. The number of hydrogen-bond acceptors (Lipinski definition) is 1. The highest BCUT2D eigenvalue weighted by Crippen LogP contribution is 2.16. The van der Waals surface area contributed by atoms with Crippen molar-refractivity contribution in [3.63, 3.8) is 0 Å². The molecule has 1 nitrogen and oxygen atoms in total. The van der Waals surface area contributed by atoms with Gasteiger partial charge < -0.3 is 5.73 Å². The van der Waals surface area contributed by atoms with Crippen LogP contribution in [-0.4, -0.2) is 6.54 Å². The van der Waals surface area contributed by atoms with E-state index in [0.29, 0.717) is 0 Å². The van der Waals surface area contributed by atoms with Gasteiger partial charge in [-0.1, -0.05) is 33.6 Å². The second-order valence-corrected chi connectivity index (χ2v) is 3.51. The van der Waals surface area contributed by atoms with E-state index in [-0.39, 0.29) is 0 Å². The normalized spacial score (nSPS) is 14.1. The zero-order valence-corrected chi connectivity index (χ0v) is 7.56. The molecule has 2 N–H and O–H groups in total. The molecular formula is C9H21N. The molecule has 0 saturated heterocycles. The van der Waals surface area contributed by atoms with Crippen molar-refractivity contribution in [1.82, 2.24) is 0 Å². The van der Waals surface area contributed by atoms with Crippen LogP contribution in [0.25, 0.3) is 0 Å². The molecule has 0 aliphatic rings. The van der Waals surface area contributed by atoms with E-state index in [2.05, 4.69) is 20.8 Å². The summed E-state index contributed by atoms with van der Waals surface area (Å²) in [7, 11) is 0. The predicted molar refractivity (Wildman–Crippen MR) is 46.9 cm³/mol. The summed E-state index contributed by atoms with van der Waals surface area (Å²) >= 11 is 0. The molecule has 0 radical (unpaired) electrons. The SMILES string of the molecule is CC(C)C(C)CCCCN. The molecule has 0 amide bonds. The van der Waals surface area contributed by atoms with Crippen molar-refractivity contribution in [2.45, 2.75) is 40.0 Å². The van der Waals surface area contributed by atoms with Gasteiger partial charge in [-0.15, -0.1) is 0 Å². The van der Waals surface area contributed by atoms with Crippen LogP contribution in [0.3, 0.4) is 0 Å². The summed E-state index contributed by atoms with van der Waals surface area (Å²) in [4.78, 5) is 0. The van der Waals surface area contributed by atoms with E-state index >= 15 is 0 Å². The molecule has 10 heavy (non-hydrogen) atoms. The van der Waals surface area contributed by atoms with Gasteiger partial charge in [0.05, 0.1) is 0 Å². The van der Waals surface area contributed by atoms with Crippen LogP contribution in [0.4, 0.5) is 0 Å². The van der Waals surface area contributed by atoms with Gasteiger partial charge >= 0.3 is 0 Å². The maximum Gasteiger partial charge on any atom is -0.00773 e. The Bertz CT molecular complexity index is 69.1. The molecular weight excluding hydrogens is 122 g/mol. The first kappa shape index (κ1) is 9.96. The van der Waals surface area contributed by atoms with Crippen molar-refractivity contribution in [3.05, 3.63) is 0 Å². The lowest BCUT2D eigenvalue weighted by atomic mass is 9.93. The highest BCUT2D eigenvalue weighted by molar-refractivity contribution is 4.57. The molecule has 0 fully saturated rings. The summed E-state index contributed by atoms with van der Waals surface area (Å²) in [5.74, 6) is 1.70. The van der Waals surface area contributed by atoms with Crippen LogP contribution in [0.2, 0.25) is 0 Å². The molecule has 1 unspecified atom stereocenters. The van der Waals surface area contributed by atoms with Gasteiger partial charge in [0.2, 0.25) is 0 Å².